The van der Waals surface area contributed by atoms with Gasteiger partial charge in [0.25, 0.3) is 0 Å². The highest BCUT2D eigenvalue weighted by molar-refractivity contribution is 7.49. The molecule has 0 N–H and O–H groups in total. The van der Waals surface area contributed by atoms with E-state index in [2.05, 4.69) is 36.4 Å². The SMILES string of the molecule is O=P(Oc1cccc(-c2ccccc2)c1-c1ccccc1)(Oc1cccc(-c2ccccc2)c1-c1ccccc1)Oc1cccc(-c2ccccc2)c1-c1ccccc1. The van der Waals surface area contributed by atoms with Gasteiger partial charge in [-0.3, -0.25) is 0 Å². The summed E-state index contributed by atoms with van der Waals surface area (Å²) in [5, 5.41) is 0. The zero-order valence-corrected chi connectivity index (χ0v) is 33.0. The molecule has 0 aromatic heterocycles. The van der Waals surface area contributed by atoms with Crippen molar-refractivity contribution in [1.29, 1.82) is 0 Å². The van der Waals surface area contributed by atoms with Gasteiger partial charge in [0, 0.05) is 16.7 Å². The predicted molar refractivity (Wildman–Crippen MR) is 241 cm³/mol. The van der Waals surface area contributed by atoms with E-state index < -0.39 is 7.82 Å². The number of hydrogen-bond acceptors (Lipinski definition) is 4. The molecule has 0 bridgehead atoms. The Kier molecular flexibility index (Phi) is 10.7. The quantitative estimate of drug-likeness (QED) is 0.116. The van der Waals surface area contributed by atoms with Gasteiger partial charge < -0.3 is 13.6 Å². The minimum atomic E-state index is -4.66. The Morgan fingerprint density at radius 1 is 0.237 bits per heavy atom. The lowest BCUT2D eigenvalue weighted by Gasteiger charge is -2.25. The molecule has 0 saturated heterocycles. The lowest BCUT2D eigenvalue weighted by molar-refractivity contribution is 0.300. The van der Waals surface area contributed by atoms with Crippen LogP contribution in [0, 0.1) is 0 Å². The third kappa shape index (κ3) is 8.09. The van der Waals surface area contributed by atoms with Gasteiger partial charge >= 0.3 is 7.82 Å². The highest BCUT2D eigenvalue weighted by atomic mass is 31.2. The molecule has 0 atom stereocenters. The summed E-state index contributed by atoms with van der Waals surface area (Å²) in [6, 6.07) is 77.6. The van der Waals surface area contributed by atoms with E-state index >= 15 is 4.57 Å². The van der Waals surface area contributed by atoms with Crippen LogP contribution in [0.25, 0.3) is 66.8 Å². The Morgan fingerprint density at radius 3 is 0.695 bits per heavy atom. The van der Waals surface area contributed by atoms with Crippen molar-refractivity contribution >= 4 is 7.82 Å². The van der Waals surface area contributed by atoms with E-state index in [0.29, 0.717) is 17.2 Å². The molecule has 0 aliphatic heterocycles. The van der Waals surface area contributed by atoms with E-state index in [1.165, 1.54) is 0 Å². The van der Waals surface area contributed by atoms with E-state index in [1.54, 1.807) is 0 Å². The van der Waals surface area contributed by atoms with Gasteiger partial charge in [0.2, 0.25) is 0 Å². The first-order valence-corrected chi connectivity index (χ1v) is 21.0. The smallest absolute Gasteiger partial charge is 0.385 e. The molecule has 0 aliphatic rings. The second-order valence-corrected chi connectivity index (χ2v) is 15.4. The zero-order chi connectivity index (χ0) is 39.9. The molecule has 0 fully saturated rings. The second-order valence-electron chi connectivity index (χ2n) is 14.0. The summed E-state index contributed by atoms with van der Waals surface area (Å²) in [6.07, 6.45) is 0. The van der Waals surface area contributed by atoms with E-state index in [1.807, 2.05) is 200 Å². The molecule has 59 heavy (non-hydrogen) atoms. The number of phosphoric ester groups is 1. The van der Waals surface area contributed by atoms with Crippen LogP contribution < -0.4 is 13.6 Å². The van der Waals surface area contributed by atoms with Gasteiger partial charge in [-0.2, -0.15) is 4.57 Å². The van der Waals surface area contributed by atoms with Gasteiger partial charge in [-0.25, -0.2) is 0 Å². The Hall–Kier alpha value is -7.39. The van der Waals surface area contributed by atoms with Gasteiger partial charge in [-0.1, -0.05) is 218 Å². The fraction of sp³-hybridized carbons (Fsp3) is 0. The number of phosphoric acid groups is 1. The van der Waals surface area contributed by atoms with Crippen molar-refractivity contribution < 1.29 is 18.1 Å². The van der Waals surface area contributed by atoms with Gasteiger partial charge in [0.1, 0.15) is 17.2 Å². The molecule has 0 amide bonds. The van der Waals surface area contributed by atoms with Crippen LogP contribution in [0.4, 0.5) is 0 Å². The average Bonchev–Trinajstić information content (AvgIpc) is 3.30. The largest absolute Gasteiger partial charge is 0.647 e. The molecule has 4 nitrogen and oxygen atoms in total. The predicted octanol–water partition coefficient (Wildman–Crippen LogP) is 15.3. The van der Waals surface area contributed by atoms with Gasteiger partial charge in [-0.05, 0) is 68.3 Å². The first kappa shape index (κ1) is 37.2. The van der Waals surface area contributed by atoms with Crippen LogP contribution in [-0.4, -0.2) is 0 Å². The Morgan fingerprint density at radius 2 is 0.458 bits per heavy atom. The maximum Gasteiger partial charge on any atom is 0.647 e. The summed E-state index contributed by atoms with van der Waals surface area (Å²) in [7, 11) is -4.66. The molecular weight excluding hydrogens is 744 g/mol. The fourth-order valence-electron chi connectivity index (χ4n) is 7.52. The average molecular weight is 783 g/mol. The van der Waals surface area contributed by atoms with Crippen LogP contribution in [0.1, 0.15) is 0 Å². The van der Waals surface area contributed by atoms with Crippen molar-refractivity contribution in [2.45, 2.75) is 0 Å². The van der Waals surface area contributed by atoms with Crippen molar-refractivity contribution in [1.82, 2.24) is 0 Å². The molecule has 9 rings (SSSR count). The minimum absolute atomic E-state index is 0.349. The Labute approximate surface area is 345 Å². The topological polar surface area (TPSA) is 44.8 Å². The summed E-state index contributed by atoms with van der Waals surface area (Å²) in [5.74, 6) is 1.05. The van der Waals surface area contributed by atoms with Crippen molar-refractivity contribution in [2.75, 3.05) is 0 Å². The van der Waals surface area contributed by atoms with Gasteiger partial charge in [0.05, 0.1) is 0 Å². The van der Waals surface area contributed by atoms with Crippen molar-refractivity contribution in [3.8, 4) is 84.0 Å². The number of benzene rings is 9. The molecule has 9 aromatic carbocycles. The van der Waals surface area contributed by atoms with Crippen LogP contribution in [0.5, 0.6) is 17.2 Å². The van der Waals surface area contributed by atoms with Crippen LogP contribution in [0.15, 0.2) is 237 Å². The summed E-state index contributed by atoms with van der Waals surface area (Å²) in [4.78, 5) is 0. The molecule has 0 spiro atoms. The highest BCUT2D eigenvalue weighted by Gasteiger charge is 2.37. The summed E-state index contributed by atoms with van der Waals surface area (Å²) >= 11 is 0. The van der Waals surface area contributed by atoms with Gasteiger partial charge in [0.15, 0.2) is 0 Å². The third-order valence-electron chi connectivity index (χ3n) is 10.2. The first-order valence-electron chi connectivity index (χ1n) is 19.5. The zero-order valence-electron chi connectivity index (χ0n) is 32.1. The minimum Gasteiger partial charge on any atom is -0.385 e. The molecule has 284 valence electrons. The lowest BCUT2D eigenvalue weighted by Crippen LogP contribution is -2.10. The summed E-state index contributed by atoms with van der Waals surface area (Å²) < 4.78 is 36.7. The molecule has 0 heterocycles. The number of rotatable bonds is 12. The van der Waals surface area contributed by atoms with Crippen LogP contribution in [0.2, 0.25) is 0 Å². The van der Waals surface area contributed by atoms with Gasteiger partial charge in [-0.15, -0.1) is 0 Å². The van der Waals surface area contributed by atoms with Crippen LogP contribution in [-0.2, 0) is 4.57 Å². The fourth-order valence-corrected chi connectivity index (χ4v) is 8.81. The van der Waals surface area contributed by atoms with Crippen molar-refractivity contribution in [3.63, 3.8) is 0 Å². The maximum atomic E-state index is 16.1. The lowest BCUT2D eigenvalue weighted by atomic mass is 9.94. The first-order chi connectivity index (χ1) is 29.1. The highest BCUT2D eigenvalue weighted by Crippen LogP contribution is 2.57. The van der Waals surface area contributed by atoms with Crippen LogP contribution >= 0.6 is 7.82 Å². The van der Waals surface area contributed by atoms with Crippen molar-refractivity contribution in [3.05, 3.63) is 237 Å². The summed E-state index contributed by atoms with van der Waals surface area (Å²) in [5.41, 5.74) is 10.6. The van der Waals surface area contributed by atoms with Crippen LogP contribution in [0.3, 0.4) is 0 Å². The van der Waals surface area contributed by atoms with Crippen molar-refractivity contribution in [2.24, 2.45) is 0 Å². The van der Waals surface area contributed by atoms with E-state index in [0.717, 1.165) is 66.8 Å². The van der Waals surface area contributed by atoms with E-state index in [9.17, 15) is 0 Å². The Bertz CT molecular complexity index is 2530. The normalized spacial score (nSPS) is 11.1. The molecular formula is C54H39O4P. The van der Waals surface area contributed by atoms with E-state index in [-0.39, 0.29) is 0 Å². The molecule has 0 aliphatic carbocycles. The third-order valence-corrected chi connectivity index (χ3v) is 11.4. The maximum absolute atomic E-state index is 16.1. The Balaban J connectivity index is 1.26. The summed E-state index contributed by atoms with van der Waals surface area (Å²) in [6.45, 7) is 0. The molecule has 9 aromatic rings. The van der Waals surface area contributed by atoms with E-state index in [4.69, 9.17) is 13.6 Å². The second kappa shape index (κ2) is 17.0. The molecule has 0 radical (unpaired) electrons. The molecule has 0 unspecified atom stereocenters. The standard InChI is InChI=1S/C54H39O4P/c55-59(56-49-37-19-34-46(40-22-7-1-8-23-40)52(49)43-28-13-4-14-29-43,57-50-38-20-35-47(41-24-9-2-10-25-41)53(50)44-30-15-5-16-31-44)58-51-39-21-36-48(42-26-11-3-12-27-42)54(51)45-32-17-6-18-33-45/h1-39H. The monoisotopic (exact) mass is 782 g/mol. The molecule has 0 saturated carbocycles. The molecule has 5 heteroatoms. The number of hydrogen-bond donors (Lipinski definition) is 0.